The molecule has 382 valence electrons. The largest absolute Gasteiger partial charge is 0.456 e. The van der Waals surface area contributed by atoms with E-state index in [0.29, 0.717) is 0 Å². The van der Waals surface area contributed by atoms with Gasteiger partial charge in [-0.2, -0.15) is 0 Å². The minimum Gasteiger partial charge on any atom is -0.456 e. The predicted molar refractivity (Wildman–Crippen MR) is 326 cm³/mol. The minimum absolute atomic E-state index is 0.0150. The van der Waals surface area contributed by atoms with Gasteiger partial charge >= 0.3 is 0 Å². The number of hydrogen-bond acceptors (Lipinski definition) is 4. The van der Waals surface area contributed by atoms with Crippen molar-refractivity contribution >= 4 is 96.2 Å². The Labute approximate surface area is 452 Å². The SMILES string of the molecule is Cc1cc2c3c(c1)N(c1ccc4c(oc5ccccc54)c1C(C)(C)C)c1cc(N(c4ccccc4C)c4ccccc4C)ccc1B3c1cc3c(cc1N2c1ccc2c(c1)C(C)(C)CCC2(C)C)C(C)(C)CCC3(C)C. The van der Waals surface area contributed by atoms with E-state index in [1.807, 2.05) is 0 Å². The summed E-state index contributed by atoms with van der Waals surface area (Å²) in [5, 5.41) is 2.30. The molecule has 2 aliphatic carbocycles. The summed E-state index contributed by atoms with van der Waals surface area (Å²) >= 11 is 0. The number of anilines is 9. The Morgan fingerprint density at radius 1 is 0.474 bits per heavy atom. The second-order valence-electron chi connectivity index (χ2n) is 26.9. The molecule has 13 rings (SSSR count). The van der Waals surface area contributed by atoms with Crippen LogP contribution in [0.25, 0.3) is 21.9 Å². The van der Waals surface area contributed by atoms with Crippen LogP contribution in [0.1, 0.15) is 146 Å². The Bertz CT molecular complexity index is 3850. The molecule has 4 aliphatic rings. The molecule has 0 amide bonds. The molecular weight excluding hydrogens is 922 g/mol. The highest BCUT2D eigenvalue weighted by Gasteiger charge is 2.48. The average molecular weight is 996 g/mol. The van der Waals surface area contributed by atoms with Crippen molar-refractivity contribution in [1.29, 1.82) is 0 Å². The summed E-state index contributed by atoms with van der Waals surface area (Å²) < 4.78 is 7.07. The Kier molecular flexibility index (Phi) is 10.6. The highest BCUT2D eigenvalue weighted by Crippen LogP contribution is 2.55. The Balaban J connectivity index is 1.16. The molecule has 0 N–H and O–H groups in total. The van der Waals surface area contributed by atoms with Crippen LogP contribution >= 0.6 is 0 Å². The van der Waals surface area contributed by atoms with Crippen molar-refractivity contribution in [1.82, 2.24) is 0 Å². The Morgan fingerprint density at radius 3 is 1.66 bits per heavy atom. The van der Waals surface area contributed by atoms with E-state index in [1.165, 1.54) is 107 Å². The van der Waals surface area contributed by atoms with Crippen molar-refractivity contribution < 1.29 is 4.42 Å². The standard InChI is InChI=1S/C71H74BN3O/c1-43-37-61-65-62(38-43)75(58-32-29-49-48-23-17-20-26-63(48)76-66(49)64(58)67(4,5)6)59-40-47(73(56-24-18-15-21-44(56)2)57-25-19-16-22-45(57)3)28-31-54(59)72(65)55-41-52-53(71(13,14)36-35-70(52,11)12)42-60(55)74(61)46-27-30-50-51(39-46)69(9,10)34-33-68(50,7)8/h15-32,37-42H,33-36H2,1-14H3. The number of hydrogen-bond donors (Lipinski definition) is 0. The van der Waals surface area contributed by atoms with Crippen LogP contribution in [0.2, 0.25) is 0 Å². The predicted octanol–water partition coefficient (Wildman–Crippen LogP) is 18.1. The number of aryl methyl sites for hydroxylation is 3. The van der Waals surface area contributed by atoms with Crippen LogP contribution in [0.3, 0.4) is 0 Å². The lowest BCUT2D eigenvalue weighted by atomic mass is 9.33. The first kappa shape index (κ1) is 48.7. The molecule has 2 aliphatic heterocycles. The summed E-state index contributed by atoms with van der Waals surface area (Å²) in [7, 11) is 0. The van der Waals surface area contributed by atoms with Crippen molar-refractivity contribution in [2.45, 2.75) is 150 Å². The number of benzene rings is 8. The lowest BCUT2D eigenvalue weighted by Crippen LogP contribution is -2.62. The maximum atomic E-state index is 7.07. The van der Waals surface area contributed by atoms with Gasteiger partial charge in [0.25, 0.3) is 6.71 Å². The van der Waals surface area contributed by atoms with Gasteiger partial charge in [-0.15, -0.1) is 0 Å². The summed E-state index contributed by atoms with van der Waals surface area (Å²) in [5.41, 5.74) is 27.4. The minimum atomic E-state index is -0.296. The van der Waals surface area contributed by atoms with Crippen LogP contribution in [-0.2, 0) is 27.1 Å². The maximum Gasteiger partial charge on any atom is 0.252 e. The van der Waals surface area contributed by atoms with Gasteiger partial charge in [-0.3, -0.25) is 0 Å². The van der Waals surface area contributed by atoms with Crippen LogP contribution in [0.15, 0.2) is 150 Å². The van der Waals surface area contributed by atoms with E-state index in [1.54, 1.807) is 0 Å². The molecule has 9 aromatic rings. The molecule has 1 aromatic heterocycles. The normalized spacial score (nSPS) is 17.5. The van der Waals surface area contributed by atoms with E-state index in [-0.39, 0.29) is 33.8 Å². The molecule has 76 heavy (non-hydrogen) atoms. The molecule has 4 nitrogen and oxygen atoms in total. The number of para-hydroxylation sites is 3. The van der Waals surface area contributed by atoms with E-state index in [4.69, 9.17) is 4.42 Å². The van der Waals surface area contributed by atoms with Gasteiger partial charge < -0.3 is 19.1 Å². The molecule has 3 heterocycles. The van der Waals surface area contributed by atoms with Gasteiger partial charge in [0, 0.05) is 61.8 Å². The zero-order valence-electron chi connectivity index (χ0n) is 47.5. The summed E-state index contributed by atoms with van der Waals surface area (Å²) in [4.78, 5) is 7.83. The maximum absolute atomic E-state index is 7.07. The van der Waals surface area contributed by atoms with Gasteiger partial charge in [0.1, 0.15) is 11.2 Å². The molecular formula is C71H74BN3O. The van der Waals surface area contributed by atoms with Crippen LogP contribution in [0, 0.1) is 20.8 Å². The van der Waals surface area contributed by atoms with Crippen molar-refractivity contribution in [3.05, 3.63) is 190 Å². The molecule has 0 fully saturated rings. The number of nitrogens with zero attached hydrogens (tertiary/aromatic N) is 3. The molecule has 0 radical (unpaired) electrons. The van der Waals surface area contributed by atoms with Crippen molar-refractivity contribution in [2.75, 3.05) is 14.7 Å². The third-order valence-corrected chi connectivity index (χ3v) is 18.8. The van der Waals surface area contributed by atoms with Crippen molar-refractivity contribution in [3.8, 4) is 0 Å². The number of fused-ring (bicyclic) bond motifs is 9. The van der Waals surface area contributed by atoms with Crippen molar-refractivity contribution in [2.24, 2.45) is 0 Å². The third kappa shape index (κ3) is 7.23. The highest BCUT2D eigenvalue weighted by atomic mass is 16.3. The molecule has 0 unspecified atom stereocenters. The van der Waals surface area contributed by atoms with Gasteiger partial charge in [0.15, 0.2) is 0 Å². The summed E-state index contributed by atoms with van der Waals surface area (Å²) in [6.45, 7) is 33.6. The van der Waals surface area contributed by atoms with E-state index >= 15 is 0 Å². The summed E-state index contributed by atoms with van der Waals surface area (Å²) in [5.74, 6) is 0. The van der Waals surface area contributed by atoms with Crippen LogP contribution < -0.4 is 31.1 Å². The second kappa shape index (κ2) is 16.5. The molecule has 0 atom stereocenters. The quantitative estimate of drug-likeness (QED) is 0.160. The number of rotatable bonds is 5. The van der Waals surface area contributed by atoms with Gasteiger partial charge in [0.2, 0.25) is 0 Å². The van der Waals surface area contributed by atoms with Gasteiger partial charge in [-0.05, 0) is 202 Å². The molecule has 0 saturated carbocycles. The first-order valence-electron chi connectivity index (χ1n) is 28.1. The average Bonchev–Trinajstić information content (AvgIpc) is 3.91. The lowest BCUT2D eigenvalue weighted by Gasteiger charge is -2.48. The Hall–Kier alpha value is -6.98. The second-order valence-corrected chi connectivity index (χ2v) is 26.9. The van der Waals surface area contributed by atoms with Crippen LogP contribution in [0.5, 0.6) is 0 Å². The lowest BCUT2D eigenvalue weighted by molar-refractivity contribution is 0.332. The first-order chi connectivity index (χ1) is 36.0. The summed E-state index contributed by atoms with van der Waals surface area (Å²) in [6.07, 6.45) is 4.65. The molecule has 0 saturated heterocycles. The molecule has 0 bridgehead atoms. The third-order valence-electron chi connectivity index (χ3n) is 18.8. The topological polar surface area (TPSA) is 22.9 Å². The smallest absolute Gasteiger partial charge is 0.252 e. The fraction of sp³-hybridized carbons (Fsp3) is 0.324. The first-order valence-corrected chi connectivity index (χ1v) is 28.1. The monoisotopic (exact) mass is 996 g/mol. The fourth-order valence-corrected chi connectivity index (χ4v) is 14.3. The van der Waals surface area contributed by atoms with Crippen LogP contribution in [0.4, 0.5) is 51.2 Å². The number of furan rings is 1. The summed E-state index contributed by atoms with van der Waals surface area (Å²) in [6, 6.07) is 56.2. The van der Waals surface area contributed by atoms with E-state index in [0.717, 1.165) is 52.6 Å². The molecule has 8 aromatic carbocycles. The highest BCUT2D eigenvalue weighted by molar-refractivity contribution is 7.00. The molecule has 5 heteroatoms. The van der Waals surface area contributed by atoms with Gasteiger partial charge in [-0.1, -0.05) is 149 Å². The zero-order chi connectivity index (χ0) is 53.2. The van der Waals surface area contributed by atoms with Gasteiger partial charge in [-0.25, -0.2) is 0 Å². The van der Waals surface area contributed by atoms with E-state index in [2.05, 4.69) is 257 Å². The van der Waals surface area contributed by atoms with Gasteiger partial charge in [0.05, 0.1) is 5.69 Å². The van der Waals surface area contributed by atoms with E-state index in [9.17, 15) is 0 Å². The van der Waals surface area contributed by atoms with E-state index < -0.39 is 0 Å². The van der Waals surface area contributed by atoms with Crippen LogP contribution in [-0.4, -0.2) is 6.71 Å². The zero-order valence-corrected chi connectivity index (χ0v) is 47.5. The fourth-order valence-electron chi connectivity index (χ4n) is 14.3. The molecule has 0 spiro atoms. The Morgan fingerprint density at radius 2 is 1.03 bits per heavy atom. The van der Waals surface area contributed by atoms with Crippen molar-refractivity contribution in [3.63, 3.8) is 0 Å².